The fraction of sp³-hybridized carbons (Fsp3) is 0.516. The number of fused-ring (bicyclic) bond motifs is 3. The van der Waals surface area contributed by atoms with Gasteiger partial charge in [0.2, 0.25) is 0 Å². The summed E-state index contributed by atoms with van der Waals surface area (Å²) in [4.78, 5) is 12.2. The highest BCUT2D eigenvalue weighted by molar-refractivity contribution is 5.79. The van der Waals surface area contributed by atoms with Gasteiger partial charge in [-0.3, -0.25) is 0 Å². The number of terminal acetylenes is 1. The number of amides is 1. The summed E-state index contributed by atoms with van der Waals surface area (Å²) < 4.78 is 37.9. The van der Waals surface area contributed by atoms with Gasteiger partial charge in [0.1, 0.15) is 13.2 Å². The van der Waals surface area contributed by atoms with Crippen molar-refractivity contribution in [1.82, 2.24) is 5.32 Å². The Hall–Kier alpha value is -2.97. The number of hydrogen-bond acceptors (Lipinski definition) is 8. The third-order valence-electron chi connectivity index (χ3n) is 6.12. The van der Waals surface area contributed by atoms with Gasteiger partial charge in [0.25, 0.3) is 0 Å². The zero-order chi connectivity index (χ0) is 28.1. The van der Waals surface area contributed by atoms with Crippen LogP contribution in [0, 0.1) is 12.3 Å². The van der Waals surface area contributed by atoms with Gasteiger partial charge in [-0.25, -0.2) is 4.79 Å². The minimum atomic E-state index is -0.411. The molecule has 0 spiro atoms. The summed E-state index contributed by atoms with van der Waals surface area (Å²) >= 11 is 0. The van der Waals surface area contributed by atoms with Gasteiger partial charge in [0.05, 0.1) is 66.1 Å². The number of alkyl carbamates (subject to hydrolysis) is 1. The minimum Gasteiger partial charge on any atom is -0.449 e. The SMILES string of the molecule is C#CCOCCOCCOCCOCCOCCOCCCNC(=O)OCC1c2ccccc2-c2ccccc21. The molecule has 0 unspecified atom stereocenters. The van der Waals surface area contributed by atoms with Crippen LogP contribution in [0.15, 0.2) is 48.5 Å². The van der Waals surface area contributed by atoms with E-state index in [2.05, 4.69) is 35.5 Å². The highest BCUT2D eigenvalue weighted by atomic mass is 16.6. The standard InChI is InChI=1S/C31H41NO8/c1-2-13-34-15-17-36-19-21-38-23-24-39-22-20-37-18-16-35-14-7-12-32-31(33)40-25-30-28-10-5-3-8-26(28)27-9-4-6-11-29(27)30/h1,3-6,8-11,30H,7,12-25H2,(H,32,33). The highest BCUT2D eigenvalue weighted by Crippen LogP contribution is 2.44. The van der Waals surface area contributed by atoms with Crippen molar-refractivity contribution in [1.29, 1.82) is 0 Å². The molecule has 0 saturated carbocycles. The molecule has 1 N–H and O–H groups in total. The molecule has 9 heteroatoms. The van der Waals surface area contributed by atoms with Gasteiger partial charge in [-0.05, 0) is 28.7 Å². The number of carbonyl (C=O) groups excluding carboxylic acids is 1. The van der Waals surface area contributed by atoms with Crippen molar-refractivity contribution in [3.8, 4) is 23.5 Å². The van der Waals surface area contributed by atoms with Crippen LogP contribution in [0.1, 0.15) is 23.5 Å². The molecule has 9 nitrogen and oxygen atoms in total. The molecule has 0 fully saturated rings. The zero-order valence-corrected chi connectivity index (χ0v) is 23.1. The van der Waals surface area contributed by atoms with E-state index in [9.17, 15) is 4.79 Å². The summed E-state index contributed by atoms with van der Waals surface area (Å²) in [6, 6.07) is 16.6. The fourth-order valence-electron chi connectivity index (χ4n) is 4.24. The Morgan fingerprint density at radius 1 is 0.675 bits per heavy atom. The summed E-state index contributed by atoms with van der Waals surface area (Å²) in [5.74, 6) is 2.45. The minimum absolute atomic E-state index is 0.0572. The van der Waals surface area contributed by atoms with Crippen molar-refractivity contribution < 1.29 is 38.0 Å². The molecule has 1 amide bonds. The Kier molecular flexibility index (Phi) is 15.8. The molecule has 0 aliphatic heterocycles. The number of hydrogen-bond donors (Lipinski definition) is 1. The Bertz CT molecular complexity index is 979. The molecule has 0 saturated heterocycles. The number of benzene rings is 2. The van der Waals surface area contributed by atoms with Crippen LogP contribution >= 0.6 is 0 Å². The summed E-state index contributed by atoms with van der Waals surface area (Å²) in [5, 5.41) is 2.80. The van der Waals surface area contributed by atoms with Crippen molar-refractivity contribution in [2.24, 2.45) is 0 Å². The Morgan fingerprint density at radius 3 is 1.62 bits per heavy atom. The van der Waals surface area contributed by atoms with Crippen LogP contribution in [-0.4, -0.2) is 98.5 Å². The third kappa shape index (κ3) is 11.6. The molecular formula is C31H41NO8. The summed E-state index contributed by atoms with van der Waals surface area (Å²) in [5.41, 5.74) is 4.82. The average molecular weight is 556 g/mol. The maximum absolute atomic E-state index is 12.2. The normalized spacial score (nSPS) is 12.1. The van der Waals surface area contributed by atoms with Crippen LogP contribution in [0.5, 0.6) is 0 Å². The molecule has 0 radical (unpaired) electrons. The molecule has 0 bridgehead atoms. The summed E-state index contributed by atoms with van der Waals surface area (Å²) in [6.07, 6.45) is 5.36. The van der Waals surface area contributed by atoms with Gasteiger partial charge in [-0.15, -0.1) is 6.42 Å². The highest BCUT2D eigenvalue weighted by Gasteiger charge is 2.28. The molecule has 3 rings (SSSR count). The van der Waals surface area contributed by atoms with E-state index in [1.54, 1.807) is 0 Å². The lowest BCUT2D eigenvalue weighted by molar-refractivity contribution is -0.0155. The van der Waals surface area contributed by atoms with E-state index in [4.69, 9.17) is 39.6 Å². The topological polar surface area (TPSA) is 93.7 Å². The first-order valence-corrected chi connectivity index (χ1v) is 13.8. The Morgan fingerprint density at radius 2 is 1.12 bits per heavy atom. The van der Waals surface area contributed by atoms with Gasteiger partial charge in [-0.2, -0.15) is 0 Å². The molecule has 2 aromatic carbocycles. The van der Waals surface area contributed by atoms with E-state index in [-0.39, 0.29) is 5.92 Å². The van der Waals surface area contributed by atoms with E-state index in [1.165, 1.54) is 22.3 Å². The second-order valence-electron chi connectivity index (χ2n) is 8.92. The monoisotopic (exact) mass is 555 g/mol. The van der Waals surface area contributed by atoms with Gasteiger partial charge in [-0.1, -0.05) is 54.5 Å². The molecule has 40 heavy (non-hydrogen) atoms. The number of carbonyl (C=O) groups is 1. The van der Waals surface area contributed by atoms with Gasteiger partial charge >= 0.3 is 6.09 Å². The molecule has 0 atom stereocenters. The smallest absolute Gasteiger partial charge is 0.407 e. The second kappa shape index (κ2) is 20.0. The van der Waals surface area contributed by atoms with E-state index in [0.29, 0.717) is 98.9 Å². The Labute approximate surface area is 237 Å². The van der Waals surface area contributed by atoms with Crippen molar-refractivity contribution in [3.05, 3.63) is 59.7 Å². The van der Waals surface area contributed by atoms with Crippen LogP contribution in [0.2, 0.25) is 0 Å². The lowest BCUT2D eigenvalue weighted by Gasteiger charge is -2.14. The van der Waals surface area contributed by atoms with E-state index in [0.717, 1.165) is 0 Å². The lowest BCUT2D eigenvalue weighted by Crippen LogP contribution is -2.27. The molecule has 0 heterocycles. The first kappa shape index (κ1) is 31.6. The van der Waals surface area contributed by atoms with E-state index < -0.39 is 6.09 Å². The first-order chi connectivity index (χ1) is 19.8. The predicted octanol–water partition coefficient (Wildman–Crippen LogP) is 3.65. The molecule has 1 aliphatic carbocycles. The average Bonchev–Trinajstić information content (AvgIpc) is 3.30. The fourth-order valence-corrected chi connectivity index (χ4v) is 4.24. The zero-order valence-electron chi connectivity index (χ0n) is 23.1. The number of ether oxygens (including phenoxy) is 7. The molecule has 0 aromatic heterocycles. The molecule has 218 valence electrons. The van der Waals surface area contributed by atoms with Gasteiger partial charge in [0, 0.05) is 19.1 Å². The predicted molar refractivity (Wildman–Crippen MR) is 151 cm³/mol. The second-order valence-corrected chi connectivity index (χ2v) is 8.92. The van der Waals surface area contributed by atoms with E-state index >= 15 is 0 Å². The van der Waals surface area contributed by atoms with Crippen LogP contribution in [0.25, 0.3) is 11.1 Å². The molecule has 1 aliphatic rings. The van der Waals surface area contributed by atoms with E-state index in [1.807, 2.05) is 24.3 Å². The van der Waals surface area contributed by atoms with Crippen molar-refractivity contribution in [2.75, 3.05) is 92.4 Å². The largest absolute Gasteiger partial charge is 0.449 e. The molecule has 2 aromatic rings. The molecular weight excluding hydrogens is 514 g/mol. The van der Waals surface area contributed by atoms with Crippen molar-refractivity contribution in [2.45, 2.75) is 12.3 Å². The van der Waals surface area contributed by atoms with Crippen LogP contribution < -0.4 is 5.32 Å². The Balaban J connectivity index is 1.07. The third-order valence-corrected chi connectivity index (χ3v) is 6.12. The maximum atomic E-state index is 12.2. The van der Waals surface area contributed by atoms with Crippen molar-refractivity contribution >= 4 is 6.09 Å². The van der Waals surface area contributed by atoms with Gasteiger partial charge < -0.3 is 38.5 Å². The van der Waals surface area contributed by atoms with Crippen LogP contribution in [0.3, 0.4) is 0 Å². The number of rotatable bonds is 22. The summed E-state index contributed by atoms with van der Waals surface area (Å²) in [6.45, 7) is 6.60. The van der Waals surface area contributed by atoms with Gasteiger partial charge in [0.15, 0.2) is 0 Å². The maximum Gasteiger partial charge on any atom is 0.407 e. The number of nitrogens with one attached hydrogen (secondary N) is 1. The quantitative estimate of drug-likeness (QED) is 0.174. The van der Waals surface area contributed by atoms with Crippen LogP contribution in [0.4, 0.5) is 4.79 Å². The summed E-state index contributed by atoms with van der Waals surface area (Å²) in [7, 11) is 0. The lowest BCUT2D eigenvalue weighted by atomic mass is 9.98. The van der Waals surface area contributed by atoms with Crippen molar-refractivity contribution in [3.63, 3.8) is 0 Å². The van der Waals surface area contributed by atoms with Crippen LogP contribution in [-0.2, 0) is 33.2 Å². The first-order valence-electron chi connectivity index (χ1n) is 13.8.